The highest BCUT2D eigenvalue weighted by Gasteiger charge is 2.27. The molecule has 0 spiro atoms. The van der Waals surface area contributed by atoms with Gasteiger partial charge in [-0.1, -0.05) is 73.7 Å². The standard InChI is InChI=1S/C33H37Cl2N5O5/c1-2-16-40(28-11-7-6-10-24(28)30(41)37-18-22-8-4-3-5-9-22)33(45)39-27(32(43)44)17-21-12-14-23(15-13-21)38-31(42)29-25(34)19-36-20-26(29)35/h6-7,10-15,19-20,22,27H,2-5,8-9,16-18H2,1H3,(H,37,41)(H,38,42)(H,39,45)(H,43,44). The maximum Gasteiger partial charge on any atom is 0.326 e. The van der Waals surface area contributed by atoms with Crippen LogP contribution in [0.25, 0.3) is 0 Å². The summed E-state index contributed by atoms with van der Waals surface area (Å²) < 4.78 is 0. The molecule has 1 heterocycles. The first kappa shape index (κ1) is 33.7. The van der Waals surface area contributed by atoms with Gasteiger partial charge in [-0.3, -0.25) is 19.5 Å². The van der Waals surface area contributed by atoms with Crippen molar-refractivity contribution in [1.82, 2.24) is 15.6 Å². The molecule has 12 heteroatoms. The lowest BCUT2D eigenvalue weighted by Crippen LogP contribution is -2.49. The SMILES string of the molecule is CCCN(C(=O)NC(Cc1ccc(NC(=O)c2c(Cl)cncc2Cl)cc1)C(=O)O)c1ccccc1C(=O)NCC1CCCCC1. The van der Waals surface area contributed by atoms with E-state index in [2.05, 4.69) is 20.9 Å². The molecule has 0 aliphatic heterocycles. The van der Waals surface area contributed by atoms with Crippen molar-refractivity contribution < 1.29 is 24.3 Å². The van der Waals surface area contributed by atoms with Crippen molar-refractivity contribution in [3.63, 3.8) is 0 Å². The number of carboxylic acid groups (broad SMARTS) is 1. The van der Waals surface area contributed by atoms with Crippen LogP contribution in [-0.2, 0) is 11.2 Å². The fraction of sp³-hybridized carbons (Fsp3) is 0.364. The number of pyridine rings is 1. The maximum atomic E-state index is 13.5. The molecule has 1 aliphatic rings. The molecule has 45 heavy (non-hydrogen) atoms. The summed E-state index contributed by atoms with van der Waals surface area (Å²) in [7, 11) is 0. The lowest BCUT2D eigenvalue weighted by atomic mass is 9.89. The van der Waals surface area contributed by atoms with Crippen LogP contribution in [0.15, 0.2) is 60.9 Å². The number of para-hydroxylation sites is 1. The summed E-state index contributed by atoms with van der Waals surface area (Å²) in [5.41, 5.74) is 1.92. The van der Waals surface area contributed by atoms with Crippen LogP contribution in [0.5, 0.6) is 0 Å². The van der Waals surface area contributed by atoms with E-state index in [-0.39, 0.29) is 34.5 Å². The molecule has 4 rings (SSSR count). The summed E-state index contributed by atoms with van der Waals surface area (Å²) in [5.74, 6) is -1.54. The Labute approximate surface area is 272 Å². The van der Waals surface area contributed by atoms with Crippen LogP contribution < -0.4 is 20.9 Å². The van der Waals surface area contributed by atoms with E-state index >= 15 is 0 Å². The number of amides is 4. The summed E-state index contributed by atoms with van der Waals surface area (Å²) in [6.45, 7) is 2.77. The van der Waals surface area contributed by atoms with E-state index in [1.54, 1.807) is 48.5 Å². The Kier molecular flexibility index (Phi) is 12.2. The summed E-state index contributed by atoms with van der Waals surface area (Å²) in [5, 5.41) is 18.6. The largest absolute Gasteiger partial charge is 0.480 e. The number of rotatable bonds is 12. The van der Waals surface area contributed by atoms with Crippen molar-refractivity contribution in [2.75, 3.05) is 23.3 Å². The van der Waals surface area contributed by atoms with Gasteiger partial charge >= 0.3 is 12.0 Å². The van der Waals surface area contributed by atoms with Crippen LogP contribution in [-0.4, -0.2) is 53.0 Å². The molecule has 1 unspecified atom stereocenters. The van der Waals surface area contributed by atoms with Gasteiger partial charge in [0.05, 0.1) is 26.9 Å². The number of hydrogen-bond acceptors (Lipinski definition) is 5. The first-order valence-corrected chi connectivity index (χ1v) is 15.8. The van der Waals surface area contributed by atoms with Crippen molar-refractivity contribution in [3.05, 3.63) is 87.7 Å². The van der Waals surface area contributed by atoms with Gasteiger partial charge in [-0.2, -0.15) is 0 Å². The highest BCUT2D eigenvalue weighted by Crippen LogP contribution is 2.26. The average Bonchev–Trinajstić information content (AvgIpc) is 3.03. The molecule has 2 aromatic carbocycles. The van der Waals surface area contributed by atoms with Crippen LogP contribution in [0, 0.1) is 5.92 Å². The van der Waals surface area contributed by atoms with Gasteiger partial charge in [0.25, 0.3) is 11.8 Å². The van der Waals surface area contributed by atoms with E-state index in [0.29, 0.717) is 41.4 Å². The predicted molar refractivity (Wildman–Crippen MR) is 175 cm³/mol. The highest BCUT2D eigenvalue weighted by atomic mass is 35.5. The topological polar surface area (TPSA) is 141 Å². The molecular weight excluding hydrogens is 617 g/mol. The van der Waals surface area contributed by atoms with Gasteiger partial charge in [-0.15, -0.1) is 0 Å². The third-order valence-electron chi connectivity index (χ3n) is 7.74. The average molecular weight is 655 g/mol. The molecule has 1 atom stereocenters. The van der Waals surface area contributed by atoms with E-state index in [0.717, 1.165) is 12.8 Å². The normalized spacial score (nSPS) is 13.8. The van der Waals surface area contributed by atoms with Gasteiger partial charge in [0, 0.05) is 37.6 Å². The van der Waals surface area contributed by atoms with Crippen LogP contribution >= 0.6 is 23.2 Å². The smallest absolute Gasteiger partial charge is 0.326 e. The third kappa shape index (κ3) is 9.18. The molecule has 1 aromatic heterocycles. The molecule has 4 amide bonds. The zero-order chi connectivity index (χ0) is 32.3. The summed E-state index contributed by atoms with van der Waals surface area (Å²) in [4.78, 5) is 56.9. The lowest BCUT2D eigenvalue weighted by molar-refractivity contribution is -0.139. The molecular formula is C33H37Cl2N5O5. The maximum absolute atomic E-state index is 13.5. The minimum absolute atomic E-state index is 0.0131. The number of anilines is 2. The molecule has 1 saturated carbocycles. The molecule has 0 saturated heterocycles. The number of hydrogen-bond donors (Lipinski definition) is 4. The number of halogens is 2. The van der Waals surface area contributed by atoms with Gasteiger partial charge in [0.2, 0.25) is 0 Å². The fourth-order valence-electron chi connectivity index (χ4n) is 5.39. The molecule has 0 bridgehead atoms. The molecule has 1 fully saturated rings. The van der Waals surface area contributed by atoms with Gasteiger partial charge in [0.1, 0.15) is 6.04 Å². The highest BCUT2D eigenvalue weighted by molar-refractivity contribution is 6.40. The number of urea groups is 1. The monoisotopic (exact) mass is 653 g/mol. The van der Waals surface area contributed by atoms with Crippen molar-refractivity contribution in [3.8, 4) is 0 Å². The summed E-state index contributed by atoms with van der Waals surface area (Å²) in [6, 6.07) is 11.5. The molecule has 4 N–H and O–H groups in total. The van der Waals surface area contributed by atoms with E-state index in [1.165, 1.54) is 36.6 Å². The minimum atomic E-state index is -1.25. The summed E-state index contributed by atoms with van der Waals surface area (Å²) >= 11 is 12.1. The van der Waals surface area contributed by atoms with E-state index in [9.17, 15) is 24.3 Å². The Morgan fingerprint density at radius 1 is 0.956 bits per heavy atom. The Hall–Kier alpha value is -4.15. The van der Waals surface area contributed by atoms with Crippen molar-refractivity contribution in [1.29, 1.82) is 0 Å². The van der Waals surface area contributed by atoms with Gasteiger partial charge in [-0.05, 0) is 55.0 Å². The van der Waals surface area contributed by atoms with Gasteiger partial charge in [-0.25, -0.2) is 9.59 Å². The van der Waals surface area contributed by atoms with Gasteiger partial charge < -0.3 is 21.1 Å². The van der Waals surface area contributed by atoms with Crippen LogP contribution in [0.3, 0.4) is 0 Å². The Balaban J connectivity index is 1.43. The predicted octanol–water partition coefficient (Wildman–Crippen LogP) is 6.57. The quantitative estimate of drug-likeness (QED) is 0.174. The number of benzene rings is 2. The Morgan fingerprint density at radius 3 is 2.27 bits per heavy atom. The number of nitrogens with zero attached hydrogens (tertiary/aromatic N) is 2. The van der Waals surface area contributed by atoms with E-state index in [1.807, 2.05) is 6.92 Å². The van der Waals surface area contributed by atoms with E-state index < -0.39 is 23.9 Å². The molecule has 238 valence electrons. The molecule has 3 aromatic rings. The van der Waals surface area contributed by atoms with Crippen molar-refractivity contribution in [2.45, 2.75) is 57.9 Å². The van der Waals surface area contributed by atoms with Crippen LogP contribution in [0.1, 0.15) is 71.7 Å². The Bertz CT molecular complexity index is 1490. The number of carboxylic acids is 1. The van der Waals surface area contributed by atoms with E-state index in [4.69, 9.17) is 23.2 Å². The number of aromatic nitrogens is 1. The molecule has 10 nitrogen and oxygen atoms in total. The first-order chi connectivity index (χ1) is 21.7. The third-order valence-corrected chi connectivity index (χ3v) is 8.31. The number of nitrogens with one attached hydrogen (secondary N) is 3. The second-order valence-corrected chi connectivity index (χ2v) is 11.9. The Morgan fingerprint density at radius 2 is 1.62 bits per heavy atom. The zero-order valence-corrected chi connectivity index (χ0v) is 26.5. The van der Waals surface area contributed by atoms with Gasteiger partial charge in [0.15, 0.2) is 0 Å². The number of carbonyl (C=O) groups is 4. The zero-order valence-electron chi connectivity index (χ0n) is 25.0. The number of carbonyl (C=O) groups excluding carboxylic acids is 3. The van der Waals surface area contributed by atoms with Crippen LogP contribution in [0.4, 0.5) is 16.2 Å². The second-order valence-electron chi connectivity index (χ2n) is 11.1. The van der Waals surface area contributed by atoms with Crippen molar-refractivity contribution >= 4 is 58.4 Å². The summed E-state index contributed by atoms with van der Waals surface area (Å²) in [6.07, 6.45) is 8.97. The fourth-order valence-corrected chi connectivity index (χ4v) is 5.92. The second kappa shape index (κ2) is 16.2. The molecule has 0 radical (unpaired) electrons. The first-order valence-electron chi connectivity index (χ1n) is 15.0. The van der Waals surface area contributed by atoms with Crippen molar-refractivity contribution in [2.24, 2.45) is 5.92 Å². The molecule has 1 aliphatic carbocycles. The minimum Gasteiger partial charge on any atom is -0.480 e. The lowest BCUT2D eigenvalue weighted by Gasteiger charge is -2.27. The number of aliphatic carboxylic acids is 1. The van der Waals surface area contributed by atoms with Crippen LogP contribution in [0.2, 0.25) is 10.0 Å².